The Hall–Kier alpha value is -2.81. The number of thiazole rings is 1. The Kier molecular flexibility index (Phi) is 7.95. The number of carbonyl (C=O) groups is 1. The molecular weight excluding hydrogens is 424 g/mol. The first-order chi connectivity index (χ1) is 15.2. The van der Waals surface area contributed by atoms with E-state index in [1.54, 1.807) is 22.3 Å². The van der Waals surface area contributed by atoms with Crippen molar-refractivity contribution in [3.05, 3.63) is 46.7 Å². The molecule has 0 aliphatic heterocycles. The van der Waals surface area contributed by atoms with Gasteiger partial charge in [0.2, 0.25) is 5.91 Å². The van der Waals surface area contributed by atoms with Crippen molar-refractivity contribution in [2.45, 2.75) is 60.0 Å². The summed E-state index contributed by atoms with van der Waals surface area (Å²) in [6.07, 6.45) is 3.02. The molecule has 1 atom stereocenters. The fourth-order valence-corrected chi connectivity index (χ4v) is 4.14. The van der Waals surface area contributed by atoms with E-state index in [2.05, 4.69) is 43.2 Å². The van der Waals surface area contributed by atoms with Gasteiger partial charge < -0.3 is 9.64 Å². The van der Waals surface area contributed by atoms with E-state index in [0.29, 0.717) is 18.9 Å². The van der Waals surface area contributed by atoms with Gasteiger partial charge in [0.05, 0.1) is 16.4 Å². The van der Waals surface area contributed by atoms with Gasteiger partial charge in [-0.05, 0) is 53.5 Å². The SMILES string of the molecule is CCN(CCC(C)c1nc(COc2ccc(-n3cnnn3)cc2)cs1)C(=O)CC(C)(C)C. The van der Waals surface area contributed by atoms with Crippen LogP contribution in [0.25, 0.3) is 5.69 Å². The van der Waals surface area contributed by atoms with Gasteiger partial charge in [-0.1, -0.05) is 27.7 Å². The molecule has 0 saturated heterocycles. The number of tetrazole rings is 1. The molecule has 2 heterocycles. The molecule has 1 unspecified atom stereocenters. The number of hydrogen-bond acceptors (Lipinski definition) is 7. The second-order valence-corrected chi connectivity index (χ2v) is 10.0. The molecule has 0 aliphatic carbocycles. The van der Waals surface area contributed by atoms with Crippen LogP contribution < -0.4 is 4.74 Å². The van der Waals surface area contributed by atoms with Crippen LogP contribution in [0.4, 0.5) is 0 Å². The average molecular weight is 457 g/mol. The summed E-state index contributed by atoms with van der Waals surface area (Å²) in [5, 5.41) is 14.3. The molecule has 32 heavy (non-hydrogen) atoms. The van der Waals surface area contributed by atoms with E-state index in [9.17, 15) is 4.79 Å². The second-order valence-electron chi connectivity index (χ2n) is 9.11. The fourth-order valence-electron chi connectivity index (χ4n) is 3.24. The molecule has 0 spiro atoms. The zero-order chi connectivity index (χ0) is 23.1. The van der Waals surface area contributed by atoms with Crippen molar-refractivity contribution in [1.29, 1.82) is 0 Å². The van der Waals surface area contributed by atoms with E-state index in [1.165, 1.54) is 0 Å². The zero-order valence-electron chi connectivity index (χ0n) is 19.5. The Morgan fingerprint density at radius 2 is 2.00 bits per heavy atom. The highest BCUT2D eigenvalue weighted by molar-refractivity contribution is 7.09. The van der Waals surface area contributed by atoms with Crippen molar-refractivity contribution >= 4 is 17.2 Å². The summed E-state index contributed by atoms with van der Waals surface area (Å²) >= 11 is 1.65. The van der Waals surface area contributed by atoms with Gasteiger partial charge in [-0.3, -0.25) is 4.79 Å². The van der Waals surface area contributed by atoms with Crippen LogP contribution in [0.2, 0.25) is 0 Å². The van der Waals surface area contributed by atoms with Gasteiger partial charge in [0, 0.05) is 30.8 Å². The molecule has 0 N–H and O–H groups in total. The van der Waals surface area contributed by atoms with Crippen LogP contribution in [0.1, 0.15) is 64.1 Å². The van der Waals surface area contributed by atoms with E-state index in [4.69, 9.17) is 9.72 Å². The highest BCUT2D eigenvalue weighted by Gasteiger charge is 2.21. The average Bonchev–Trinajstić information content (AvgIpc) is 3.44. The molecule has 0 saturated carbocycles. The number of benzene rings is 1. The Morgan fingerprint density at radius 1 is 1.25 bits per heavy atom. The number of carbonyl (C=O) groups excluding carboxylic acids is 1. The first-order valence-electron chi connectivity index (χ1n) is 10.9. The first kappa shape index (κ1) is 23.8. The standard InChI is InChI=1S/C23H32N6O2S/c1-6-28(21(30)13-23(3,4)5)12-11-17(2)22-25-18(15-32-22)14-31-20-9-7-19(8-10-20)29-16-24-26-27-29/h7-10,15-17H,6,11-14H2,1-5H3. The van der Waals surface area contributed by atoms with Crippen LogP contribution in [-0.2, 0) is 11.4 Å². The summed E-state index contributed by atoms with van der Waals surface area (Å²) in [4.78, 5) is 19.2. The van der Waals surface area contributed by atoms with E-state index in [1.807, 2.05) is 41.5 Å². The topological polar surface area (TPSA) is 86.0 Å². The minimum atomic E-state index is 0.00816. The van der Waals surface area contributed by atoms with Gasteiger partial charge in [-0.15, -0.1) is 16.4 Å². The van der Waals surface area contributed by atoms with Crippen LogP contribution >= 0.6 is 11.3 Å². The van der Waals surface area contributed by atoms with Crippen molar-refractivity contribution in [3.63, 3.8) is 0 Å². The maximum absolute atomic E-state index is 12.5. The molecule has 1 aromatic carbocycles. The predicted octanol–water partition coefficient (Wildman–Crippen LogP) is 4.48. The molecule has 9 heteroatoms. The van der Waals surface area contributed by atoms with Crippen molar-refractivity contribution in [2.24, 2.45) is 5.41 Å². The molecule has 0 fully saturated rings. The van der Waals surface area contributed by atoms with Gasteiger partial charge in [0.1, 0.15) is 18.7 Å². The minimum absolute atomic E-state index is 0.00816. The summed E-state index contributed by atoms with van der Waals surface area (Å²) < 4.78 is 7.47. The van der Waals surface area contributed by atoms with Crippen molar-refractivity contribution in [3.8, 4) is 11.4 Å². The molecule has 3 aromatic rings. The predicted molar refractivity (Wildman–Crippen MR) is 125 cm³/mol. The van der Waals surface area contributed by atoms with Gasteiger partial charge in [-0.2, -0.15) is 0 Å². The van der Waals surface area contributed by atoms with Gasteiger partial charge in [0.15, 0.2) is 0 Å². The van der Waals surface area contributed by atoms with Crippen molar-refractivity contribution < 1.29 is 9.53 Å². The Morgan fingerprint density at radius 3 is 2.62 bits per heavy atom. The summed E-state index contributed by atoms with van der Waals surface area (Å²) in [7, 11) is 0. The second kappa shape index (κ2) is 10.7. The number of aromatic nitrogens is 5. The Bertz CT molecular complexity index is 979. The van der Waals surface area contributed by atoms with Crippen molar-refractivity contribution in [2.75, 3.05) is 13.1 Å². The third-order valence-electron chi connectivity index (χ3n) is 5.08. The maximum Gasteiger partial charge on any atom is 0.223 e. The van der Waals surface area contributed by atoms with Gasteiger partial charge >= 0.3 is 0 Å². The van der Waals surface area contributed by atoms with Gasteiger partial charge in [0.25, 0.3) is 0 Å². The Balaban J connectivity index is 1.48. The zero-order valence-corrected chi connectivity index (χ0v) is 20.3. The number of ether oxygens (including phenoxy) is 1. The maximum atomic E-state index is 12.5. The molecule has 0 radical (unpaired) electrons. The normalized spacial score (nSPS) is 12.5. The Labute approximate surface area is 193 Å². The quantitative estimate of drug-likeness (QED) is 0.447. The lowest BCUT2D eigenvalue weighted by atomic mass is 9.91. The van der Waals surface area contributed by atoms with E-state index >= 15 is 0 Å². The largest absolute Gasteiger partial charge is 0.487 e. The molecule has 0 aliphatic rings. The number of nitrogens with zero attached hydrogens (tertiary/aromatic N) is 6. The van der Waals surface area contributed by atoms with Crippen LogP contribution in [0.5, 0.6) is 5.75 Å². The summed E-state index contributed by atoms with van der Waals surface area (Å²) in [5.74, 6) is 1.28. The third kappa shape index (κ3) is 6.85. The fraction of sp³-hybridized carbons (Fsp3) is 0.522. The third-order valence-corrected chi connectivity index (χ3v) is 6.20. The molecule has 3 rings (SSSR count). The van der Waals surface area contributed by atoms with Crippen molar-refractivity contribution in [1.82, 2.24) is 30.1 Å². The summed E-state index contributed by atoms with van der Waals surface area (Å²) in [6, 6.07) is 7.59. The first-order valence-corrected chi connectivity index (χ1v) is 11.8. The number of hydrogen-bond donors (Lipinski definition) is 0. The molecular formula is C23H32N6O2S. The summed E-state index contributed by atoms with van der Waals surface area (Å²) in [6.45, 7) is 12.4. The number of rotatable bonds is 10. The lowest BCUT2D eigenvalue weighted by Gasteiger charge is -2.26. The lowest BCUT2D eigenvalue weighted by Crippen LogP contribution is -2.34. The van der Waals surface area contributed by atoms with E-state index < -0.39 is 0 Å². The highest BCUT2D eigenvalue weighted by atomic mass is 32.1. The van der Waals surface area contributed by atoms with E-state index in [-0.39, 0.29) is 11.3 Å². The minimum Gasteiger partial charge on any atom is -0.487 e. The monoisotopic (exact) mass is 456 g/mol. The smallest absolute Gasteiger partial charge is 0.223 e. The van der Waals surface area contributed by atoms with E-state index in [0.717, 1.165) is 41.6 Å². The molecule has 172 valence electrons. The molecule has 0 bridgehead atoms. The summed E-state index contributed by atoms with van der Waals surface area (Å²) in [5.41, 5.74) is 1.79. The lowest BCUT2D eigenvalue weighted by molar-refractivity contribution is -0.133. The van der Waals surface area contributed by atoms with Crippen LogP contribution in [-0.4, -0.2) is 49.1 Å². The van der Waals surface area contributed by atoms with Crippen LogP contribution in [0.3, 0.4) is 0 Å². The van der Waals surface area contributed by atoms with Gasteiger partial charge in [-0.25, -0.2) is 9.67 Å². The van der Waals surface area contributed by atoms with Crippen LogP contribution in [0, 0.1) is 5.41 Å². The highest BCUT2D eigenvalue weighted by Crippen LogP contribution is 2.25. The molecule has 2 aromatic heterocycles. The van der Waals surface area contributed by atoms with Crippen LogP contribution in [0.15, 0.2) is 36.0 Å². The molecule has 8 nitrogen and oxygen atoms in total. The molecule has 1 amide bonds. The number of amides is 1.